The van der Waals surface area contributed by atoms with Gasteiger partial charge in [-0.1, -0.05) is 30.1 Å². The van der Waals surface area contributed by atoms with E-state index < -0.39 is 6.04 Å². The third-order valence-electron chi connectivity index (χ3n) is 2.91. The Kier molecular flexibility index (Phi) is 4.38. The molecule has 1 atom stereocenters. The second kappa shape index (κ2) is 5.69. The van der Waals surface area contributed by atoms with E-state index in [1.54, 1.807) is 12.1 Å². The fourth-order valence-electron chi connectivity index (χ4n) is 1.92. The van der Waals surface area contributed by atoms with Gasteiger partial charge in [-0.15, -0.1) is 0 Å². The molecule has 0 aromatic heterocycles. The molecule has 2 amide bonds. The van der Waals surface area contributed by atoms with Crippen LogP contribution in [0.15, 0.2) is 16.6 Å². The van der Waals surface area contributed by atoms with E-state index in [2.05, 4.69) is 21.2 Å². The molecular formula is C12H11BrCl2N2O2. The van der Waals surface area contributed by atoms with Crippen LogP contribution in [0.3, 0.4) is 0 Å². The molecule has 2 rings (SSSR count). The Morgan fingerprint density at radius 3 is 2.68 bits per heavy atom. The van der Waals surface area contributed by atoms with Crippen LogP contribution in [0.1, 0.15) is 13.3 Å². The van der Waals surface area contributed by atoms with Gasteiger partial charge in [0.2, 0.25) is 11.8 Å². The smallest absolute Gasteiger partial charge is 0.250 e. The predicted molar refractivity (Wildman–Crippen MR) is 78.7 cm³/mol. The minimum Gasteiger partial charge on any atom is -0.343 e. The van der Waals surface area contributed by atoms with Crippen molar-refractivity contribution in [2.24, 2.45) is 0 Å². The molecule has 1 fully saturated rings. The van der Waals surface area contributed by atoms with Crippen molar-refractivity contribution in [3.63, 3.8) is 0 Å². The Morgan fingerprint density at radius 1 is 1.37 bits per heavy atom. The number of nitrogens with one attached hydrogen (secondary N) is 1. The third kappa shape index (κ3) is 2.73. The summed E-state index contributed by atoms with van der Waals surface area (Å²) in [6.45, 7) is 1.79. The van der Waals surface area contributed by atoms with Crippen LogP contribution in [0.4, 0.5) is 5.69 Å². The summed E-state index contributed by atoms with van der Waals surface area (Å²) in [4.78, 5) is 25.3. The molecule has 1 heterocycles. The van der Waals surface area contributed by atoms with Crippen LogP contribution >= 0.6 is 39.1 Å². The minimum absolute atomic E-state index is 0.0486. The van der Waals surface area contributed by atoms with Crippen LogP contribution in [0, 0.1) is 0 Å². The van der Waals surface area contributed by atoms with Gasteiger partial charge in [0.25, 0.3) is 0 Å². The van der Waals surface area contributed by atoms with E-state index in [4.69, 9.17) is 23.2 Å². The fourth-order valence-corrected chi connectivity index (χ4v) is 2.79. The van der Waals surface area contributed by atoms with E-state index in [1.165, 1.54) is 4.90 Å². The number of carbonyl (C=O) groups excluding carboxylic acids is 2. The number of hydrogen-bond acceptors (Lipinski definition) is 2. The molecule has 7 heteroatoms. The van der Waals surface area contributed by atoms with Crippen molar-refractivity contribution in [1.29, 1.82) is 0 Å². The third-order valence-corrected chi connectivity index (χ3v) is 4.68. The lowest BCUT2D eigenvalue weighted by atomic mass is 10.1. The van der Waals surface area contributed by atoms with E-state index in [1.807, 2.05) is 6.92 Å². The lowest BCUT2D eigenvalue weighted by Crippen LogP contribution is -2.58. The molecule has 4 nitrogen and oxygen atoms in total. The summed E-state index contributed by atoms with van der Waals surface area (Å²) >= 11 is 15.4. The quantitative estimate of drug-likeness (QED) is 0.819. The topological polar surface area (TPSA) is 49.4 Å². The molecule has 19 heavy (non-hydrogen) atoms. The maximum atomic E-state index is 12.2. The number of carbonyl (C=O) groups is 2. The van der Waals surface area contributed by atoms with Crippen molar-refractivity contribution in [3.05, 3.63) is 26.7 Å². The molecule has 1 aromatic rings. The summed E-state index contributed by atoms with van der Waals surface area (Å²) in [5, 5.41) is 3.23. The zero-order valence-corrected chi connectivity index (χ0v) is 13.1. The van der Waals surface area contributed by atoms with Gasteiger partial charge in [-0.2, -0.15) is 0 Å². The maximum Gasteiger partial charge on any atom is 0.250 e. The van der Waals surface area contributed by atoms with Crippen molar-refractivity contribution in [2.45, 2.75) is 19.4 Å². The Hall–Kier alpha value is -0.780. The first-order chi connectivity index (χ1) is 8.95. The van der Waals surface area contributed by atoms with Gasteiger partial charge in [-0.3, -0.25) is 14.5 Å². The molecule has 1 unspecified atom stereocenters. The fraction of sp³-hybridized carbons (Fsp3) is 0.333. The molecule has 1 aliphatic rings. The minimum atomic E-state index is -0.514. The number of benzene rings is 1. The first-order valence-corrected chi connectivity index (χ1v) is 7.24. The molecule has 0 aliphatic carbocycles. The van der Waals surface area contributed by atoms with E-state index in [0.717, 1.165) is 0 Å². The summed E-state index contributed by atoms with van der Waals surface area (Å²) in [5.74, 6) is -0.385. The monoisotopic (exact) mass is 364 g/mol. The summed E-state index contributed by atoms with van der Waals surface area (Å²) in [5.41, 5.74) is 0.452. The average molecular weight is 366 g/mol. The number of amides is 2. The SMILES string of the molecule is CCC1NC(=O)CN(c2ccc(Br)c(Cl)c2Cl)C1=O. The van der Waals surface area contributed by atoms with Gasteiger partial charge >= 0.3 is 0 Å². The van der Waals surface area contributed by atoms with Gasteiger partial charge in [-0.25, -0.2) is 0 Å². The zero-order valence-electron chi connectivity index (χ0n) is 10.0. The van der Waals surface area contributed by atoms with Gasteiger partial charge in [0.1, 0.15) is 12.6 Å². The lowest BCUT2D eigenvalue weighted by molar-refractivity contribution is -0.131. The first kappa shape index (κ1) is 14.6. The second-order valence-electron chi connectivity index (χ2n) is 4.15. The number of rotatable bonds is 2. The van der Waals surface area contributed by atoms with Crippen molar-refractivity contribution < 1.29 is 9.59 Å². The average Bonchev–Trinajstić information content (AvgIpc) is 2.39. The predicted octanol–water partition coefficient (Wildman–Crippen LogP) is 3.00. The standard InChI is InChI=1S/C12H11BrCl2N2O2/c1-2-7-12(19)17(5-9(18)16-7)8-4-3-6(13)10(14)11(8)15/h3-4,7H,2,5H2,1H3,(H,16,18). The summed E-state index contributed by atoms with van der Waals surface area (Å²) in [6.07, 6.45) is 0.531. The number of hydrogen-bond donors (Lipinski definition) is 1. The molecule has 0 saturated carbocycles. The molecule has 1 aromatic carbocycles. The maximum absolute atomic E-state index is 12.2. The van der Waals surface area contributed by atoms with Gasteiger partial charge < -0.3 is 5.32 Å². The summed E-state index contributed by atoms with van der Waals surface area (Å²) < 4.78 is 0.642. The van der Waals surface area contributed by atoms with E-state index in [-0.39, 0.29) is 23.4 Å². The van der Waals surface area contributed by atoms with Crippen molar-refractivity contribution in [3.8, 4) is 0 Å². The van der Waals surface area contributed by atoms with Crippen LogP contribution in [-0.4, -0.2) is 24.4 Å². The Balaban J connectivity index is 2.43. The highest BCUT2D eigenvalue weighted by Gasteiger charge is 2.33. The number of anilines is 1. The van der Waals surface area contributed by atoms with E-state index >= 15 is 0 Å². The molecule has 1 N–H and O–H groups in total. The molecule has 1 saturated heterocycles. The van der Waals surface area contributed by atoms with Gasteiger partial charge in [-0.05, 0) is 34.5 Å². The largest absolute Gasteiger partial charge is 0.343 e. The highest BCUT2D eigenvalue weighted by atomic mass is 79.9. The first-order valence-electron chi connectivity index (χ1n) is 5.70. The van der Waals surface area contributed by atoms with Crippen LogP contribution < -0.4 is 10.2 Å². The number of piperazine rings is 1. The zero-order chi connectivity index (χ0) is 14.2. The Bertz CT molecular complexity index is 551. The van der Waals surface area contributed by atoms with Gasteiger partial charge in [0, 0.05) is 4.47 Å². The van der Waals surface area contributed by atoms with E-state index in [9.17, 15) is 9.59 Å². The molecule has 0 bridgehead atoms. The molecule has 0 spiro atoms. The van der Waals surface area contributed by atoms with Gasteiger partial charge in [0.15, 0.2) is 0 Å². The van der Waals surface area contributed by atoms with Crippen molar-refractivity contribution in [1.82, 2.24) is 5.32 Å². The molecule has 102 valence electrons. The number of halogens is 3. The van der Waals surface area contributed by atoms with Gasteiger partial charge in [0.05, 0.1) is 15.7 Å². The van der Waals surface area contributed by atoms with Crippen molar-refractivity contribution >= 4 is 56.6 Å². The van der Waals surface area contributed by atoms with Crippen molar-refractivity contribution in [2.75, 3.05) is 11.4 Å². The van der Waals surface area contributed by atoms with Crippen LogP contribution in [0.25, 0.3) is 0 Å². The number of nitrogens with zero attached hydrogens (tertiary/aromatic N) is 1. The van der Waals surface area contributed by atoms with Crippen LogP contribution in [0.2, 0.25) is 10.0 Å². The normalized spacial score (nSPS) is 19.6. The molecular weight excluding hydrogens is 355 g/mol. The Morgan fingerprint density at radius 2 is 2.05 bits per heavy atom. The Labute approximate surface area is 129 Å². The lowest BCUT2D eigenvalue weighted by Gasteiger charge is -2.32. The van der Waals surface area contributed by atoms with Crippen LogP contribution in [-0.2, 0) is 9.59 Å². The molecule has 0 radical (unpaired) electrons. The highest BCUT2D eigenvalue weighted by Crippen LogP contribution is 2.38. The summed E-state index contributed by atoms with van der Waals surface area (Å²) in [6, 6.07) is 2.85. The van der Waals surface area contributed by atoms with Crippen LogP contribution in [0.5, 0.6) is 0 Å². The summed E-state index contributed by atoms with van der Waals surface area (Å²) in [7, 11) is 0. The second-order valence-corrected chi connectivity index (χ2v) is 5.76. The highest BCUT2D eigenvalue weighted by molar-refractivity contribution is 9.10. The van der Waals surface area contributed by atoms with E-state index in [0.29, 0.717) is 21.6 Å². The molecule has 1 aliphatic heterocycles.